The predicted octanol–water partition coefficient (Wildman–Crippen LogP) is 1.01. The van der Waals surface area contributed by atoms with Gasteiger partial charge in [-0.15, -0.1) is 0 Å². The van der Waals surface area contributed by atoms with E-state index in [1.807, 2.05) is 18.2 Å². The third-order valence-corrected chi connectivity index (χ3v) is 5.43. The first kappa shape index (κ1) is 21.1. The summed E-state index contributed by atoms with van der Waals surface area (Å²) in [5, 5.41) is 12.4. The van der Waals surface area contributed by atoms with Gasteiger partial charge in [-0.25, -0.2) is 4.79 Å². The van der Waals surface area contributed by atoms with Gasteiger partial charge in [0.1, 0.15) is 11.4 Å². The van der Waals surface area contributed by atoms with Crippen LogP contribution in [0.4, 0.5) is 5.69 Å². The lowest BCUT2D eigenvalue weighted by molar-refractivity contribution is -0.136. The smallest absolute Gasteiger partial charge is 0.337 e. The molecule has 0 bridgehead atoms. The second kappa shape index (κ2) is 9.76. The van der Waals surface area contributed by atoms with E-state index in [0.29, 0.717) is 11.4 Å². The molecule has 0 saturated carbocycles. The molecule has 0 aliphatic carbocycles. The van der Waals surface area contributed by atoms with E-state index < -0.39 is 5.97 Å². The van der Waals surface area contributed by atoms with E-state index in [1.165, 1.54) is 24.9 Å². The van der Waals surface area contributed by atoms with Crippen molar-refractivity contribution in [3.05, 3.63) is 35.0 Å². The van der Waals surface area contributed by atoms with E-state index in [4.69, 9.17) is 9.47 Å². The Labute approximate surface area is 171 Å². The van der Waals surface area contributed by atoms with Crippen LogP contribution in [0.1, 0.15) is 18.4 Å². The van der Waals surface area contributed by atoms with Gasteiger partial charge in [0, 0.05) is 13.1 Å². The van der Waals surface area contributed by atoms with Gasteiger partial charge in [0.15, 0.2) is 0 Å². The number of carbonyl (C=O) groups excluding carboxylic acids is 2. The number of hydrogen-bond donors (Lipinski definition) is 2. The van der Waals surface area contributed by atoms with Gasteiger partial charge in [-0.2, -0.15) is 0 Å². The molecule has 2 heterocycles. The van der Waals surface area contributed by atoms with Crippen molar-refractivity contribution >= 4 is 17.6 Å². The average molecular weight is 403 g/mol. The molecule has 1 saturated heterocycles. The zero-order chi connectivity index (χ0) is 20.8. The van der Waals surface area contributed by atoms with Crippen molar-refractivity contribution in [1.29, 1.82) is 0 Å². The molecule has 1 aromatic carbocycles. The number of methoxy groups -OCH3 is 2. The lowest BCUT2D eigenvalue weighted by Crippen LogP contribution is -2.31. The Morgan fingerprint density at radius 1 is 1.21 bits per heavy atom. The lowest BCUT2D eigenvalue weighted by atomic mass is 10.1. The van der Waals surface area contributed by atoms with Crippen LogP contribution >= 0.6 is 0 Å². The van der Waals surface area contributed by atoms with E-state index in [2.05, 4.69) is 10.2 Å². The Balaban J connectivity index is 1.89. The SMILES string of the molecule is COC(=O)C1=C(Nc2c(CCN3CCCC3)cccc2OC)C(=O)N(CCO)C1. The van der Waals surface area contributed by atoms with Crippen molar-refractivity contribution in [2.45, 2.75) is 19.3 Å². The number of amides is 1. The van der Waals surface area contributed by atoms with Crippen molar-refractivity contribution in [2.24, 2.45) is 0 Å². The largest absolute Gasteiger partial charge is 0.495 e. The Morgan fingerprint density at radius 2 is 1.97 bits per heavy atom. The quantitative estimate of drug-likeness (QED) is 0.595. The molecule has 0 atom stereocenters. The summed E-state index contributed by atoms with van der Waals surface area (Å²) in [5.74, 6) is -0.292. The zero-order valence-electron chi connectivity index (χ0n) is 17.1. The number of aliphatic hydroxyl groups is 1. The highest BCUT2D eigenvalue weighted by Gasteiger charge is 2.35. The number of likely N-dealkylation sites (tertiary alicyclic amines) is 1. The van der Waals surface area contributed by atoms with Gasteiger partial charge < -0.3 is 29.7 Å². The molecule has 0 spiro atoms. The summed E-state index contributed by atoms with van der Waals surface area (Å²) in [7, 11) is 2.87. The summed E-state index contributed by atoms with van der Waals surface area (Å²) in [6.07, 6.45) is 3.26. The fourth-order valence-electron chi connectivity index (χ4n) is 3.86. The van der Waals surface area contributed by atoms with Crippen LogP contribution in [0, 0.1) is 0 Å². The molecule has 1 aromatic rings. The van der Waals surface area contributed by atoms with E-state index in [9.17, 15) is 14.7 Å². The standard InChI is InChI=1S/C21H29N3O5/c1-28-17-7-5-6-15(8-11-23-9-3-4-10-23)18(17)22-19-16(21(27)29-2)14-24(12-13-25)20(19)26/h5-7,22,25H,3-4,8-14H2,1-2H3. The lowest BCUT2D eigenvalue weighted by Gasteiger charge is -2.20. The number of ether oxygens (including phenoxy) is 2. The Kier molecular flexibility index (Phi) is 7.11. The van der Waals surface area contributed by atoms with Crippen molar-refractivity contribution in [2.75, 3.05) is 58.9 Å². The third kappa shape index (κ3) is 4.71. The first-order chi connectivity index (χ1) is 14.1. The van der Waals surface area contributed by atoms with E-state index in [1.54, 1.807) is 7.11 Å². The van der Waals surface area contributed by atoms with Gasteiger partial charge in [-0.05, 0) is 44.0 Å². The summed E-state index contributed by atoms with van der Waals surface area (Å²) in [4.78, 5) is 28.9. The molecular weight excluding hydrogens is 374 g/mol. The Hall–Kier alpha value is -2.58. The van der Waals surface area contributed by atoms with Crippen LogP contribution in [0.5, 0.6) is 5.75 Å². The number of nitrogens with one attached hydrogen (secondary N) is 1. The molecular formula is C21H29N3O5. The predicted molar refractivity (Wildman–Crippen MR) is 109 cm³/mol. The van der Waals surface area contributed by atoms with Gasteiger partial charge in [-0.1, -0.05) is 12.1 Å². The van der Waals surface area contributed by atoms with Crippen LogP contribution in [-0.2, 0) is 20.7 Å². The van der Waals surface area contributed by atoms with Crippen molar-refractivity contribution < 1.29 is 24.2 Å². The second-order valence-electron chi connectivity index (χ2n) is 7.21. The molecule has 29 heavy (non-hydrogen) atoms. The summed E-state index contributed by atoms with van der Waals surface area (Å²) in [6.45, 7) is 3.22. The summed E-state index contributed by atoms with van der Waals surface area (Å²) >= 11 is 0. The van der Waals surface area contributed by atoms with Crippen molar-refractivity contribution in [3.63, 3.8) is 0 Å². The van der Waals surface area contributed by atoms with Gasteiger partial charge in [0.05, 0.1) is 38.6 Å². The number of nitrogens with zero attached hydrogens (tertiary/aromatic N) is 2. The average Bonchev–Trinajstić information content (AvgIpc) is 3.36. The molecule has 8 nitrogen and oxygen atoms in total. The van der Waals surface area contributed by atoms with Crippen LogP contribution in [0.25, 0.3) is 0 Å². The maximum absolute atomic E-state index is 12.8. The zero-order valence-corrected chi connectivity index (χ0v) is 17.1. The maximum Gasteiger partial charge on any atom is 0.337 e. The monoisotopic (exact) mass is 403 g/mol. The summed E-state index contributed by atoms with van der Waals surface area (Å²) < 4.78 is 10.4. The van der Waals surface area contributed by atoms with E-state index in [-0.39, 0.29) is 36.9 Å². The Bertz CT molecular complexity index is 787. The van der Waals surface area contributed by atoms with E-state index >= 15 is 0 Å². The van der Waals surface area contributed by atoms with Crippen LogP contribution in [0.2, 0.25) is 0 Å². The molecule has 158 valence electrons. The minimum atomic E-state index is -0.560. The minimum Gasteiger partial charge on any atom is -0.495 e. The molecule has 2 N–H and O–H groups in total. The van der Waals surface area contributed by atoms with E-state index in [0.717, 1.165) is 31.6 Å². The number of rotatable bonds is 9. The number of hydrogen-bond acceptors (Lipinski definition) is 7. The first-order valence-electron chi connectivity index (χ1n) is 9.96. The fraction of sp³-hybridized carbons (Fsp3) is 0.524. The van der Waals surface area contributed by atoms with Crippen molar-refractivity contribution in [1.82, 2.24) is 9.80 Å². The molecule has 0 aromatic heterocycles. The highest BCUT2D eigenvalue weighted by molar-refractivity contribution is 6.08. The number of anilines is 1. The molecule has 0 unspecified atom stereocenters. The second-order valence-corrected chi connectivity index (χ2v) is 7.21. The normalized spacial score (nSPS) is 17.2. The van der Waals surface area contributed by atoms with Crippen LogP contribution in [-0.4, -0.2) is 80.3 Å². The minimum absolute atomic E-state index is 0.104. The molecule has 0 radical (unpaired) electrons. The van der Waals surface area contributed by atoms with Crippen LogP contribution in [0.3, 0.4) is 0 Å². The molecule has 3 rings (SSSR count). The van der Waals surface area contributed by atoms with Gasteiger partial charge in [0.2, 0.25) is 0 Å². The highest BCUT2D eigenvalue weighted by Crippen LogP contribution is 2.33. The van der Waals surface area contributed by atoms with Gasteiger partial charge in [-0.3, -0.25) is 4.79 Å². The number of carbonyl (C=O) groups is 2. The number of aliphatic hydroxyl groups excluding tert-OH is 1. The molecule has 2 aliphatic rings. The van der Waals surface area contributed by atoms with Gasteiger partial charge in [0.25, 0.3) is 5.91 Å². The molecule has 8 heteroatoms. The van der Waals surface area contributed by atoms with Crippen LogP contribution in [0.15, 0.2) is 29.5 Å². The van der Waals surface area contributed by atoms with Crippen LogP contribution < -0.4 is 10.1 Å². The fourth-order valence-corrected chi connectivity index (χ4v) is 3.86. The molecule has 2 aliphatic heterocycles. The summed E-state index contributed by atoms with van der Waals surface area (Å²) in [6, 6.07) is 5.75. The number of esters is 1. The Morgan fingerprint density at radius 3 is 2.62 bits per heavy atom. The molecule has 1 fully saturated rings. The summed E-state index contributed by atoms with van der Waals surface area (Å²) in [5.41, 5.74) is 2.13. The number of β-amino-alcohol motifs (C(OH)–C–C–N with tert-alkyl or cyclic N) is 1. The molecule has 1 amide bonds. The highest BCUT2D eigenvalue weighted by atomic mass is 16.5. The first-order valence-corrected chi connectivity index (χ1v) is 9.96. The number of para-hydroxylation sites is 1. The van der Waals surface area contributed by atoms with Crippen molar-refractivity contribution in [3.8, 4) is 5.75 Å². The topological polar surface area (TPSA) is 91.3 Å². The maximum atomic E-state index is 12.8. The van der Waals surface area contributed by atoms with Gasteiger partial charge >= 0.3 is 5.97 Å². The number of benzene rings is 1. The third-order valence-electron chi connectivity index (χ3n) is 5.43.